The molecule has 0 aromatic carbocycles. The highest BCUT2D eigenvalue weighted by molar-refractivity contribution is 8.00. The second kappa shape index (κ2) is 12.8. The van der Waals surface area contributed by atoms with Crippen LogP contribution in [-0.4, -0.2) is 48.3 Å². The van der Waals surface area contributed by atoms with E-state index in [2.05, 4.69) is 6.92 Å². The van der Waals surface area contributed by atoms with Gasteiger partial charge in [0.25, 0.3) is 0 Å². The summed E-state index contributed by atoms with van der Waals surface area (Å²) in [7, 11) is 0. The van der Waals surface area contributed by atoms with E-state index < -0.39 is 12.3 Å². The van der Waals surface area contributed by atoms with Crippen molar-refractivity contribution in [3.8, 4) is 0 Å². The SMILES string of the molecule is CCCCCOC1CCC2C3CCC(OC[C]4CCC(CC5CCCC5)CC4)C(F)C3SC2C1F. The molecule has 5 fully saturated rings. The van der Waals surface area contributed by atoms with Gasteiger partial charge in [-0.15, -0.1) is 11.8 Å². The van der Waals surface area contributed by atoms with Crippen LogP contribution in [0.1, 0.15) is 110 Å². The van der Waals surface area contributed by atoms with E-state index in [4.69, 9.17) is 9.47 Å². The standard InChI is InChI=1S/C30H49F2O2S/c1-2-3-6-17-33-25-15-13-23-24-14-16-26(28(32)30(24)35-29(23)27(25)31)34-19-22-11-9-21(10-12-22)18-20-7-4-5-8-20/h20-21,23-30H,2-19H2,1H3. The van der Waals surface area contributed by atoms with Crippen molar-refractivity contribution in [1.29, 1.82) is 0 Å². The van der Waals surface area contributed by atoms with Gasteiger partial charge in [0.2, 0.25) is 0 Å². The maximum Gasteiger partial charge on any atom is 0.138 e. The van der Waals surface area contributed by atoms with Crippen molar-refractivity contribution in [2.24, 2.45) is 23.7 Å². The molecule has 8 atom stereocenters. The molecule has 0 aromatic heterocycles. The molecule has 1 aliphatic heterocycles. The topological polar surface area (TPSA) is 18.5 Å². The number of alkyl halides is 2. The fourth-order valence-corrected chi connectivity index (χ4v) is 10.1. The van der Waals surface area contributed by atoms with Gasteiger partial charge in [-0.1, -0.05) is 45.4 Å². The maximum atomic E-state index is 15.7. The summed E-state index contributed by atoms with van der Waals surface area (Å²) in [5, 5.41) is -0.176. The number of hydrogen-bond donors (Lipinski definition) is 0. The van der Waals surface area contributed by atoms with Crippen molar-refractivity contribution >= 4 is 11.8 Å². The Kier molecular flexibility index (Phi) is 9.76. The van der Waals surface area contributed by atoms with Gasteiger partial charge in [0.1, 0.15) is 12.3 Å². The first-order valence-corrected chi connectivity index (χ1v) is 16.1. The van der Waals surface area contributed by atoms with E-state index in [-0.39, 0.29) is 22.7 Å². The van der Waals surface area contributed by atoms with Gasteiger partial charge in [0.15, 0.2) is 0 Å². The third kappa shape index (κ3) is 6.41. The molecule has 2 nitrogen and oxygen atoms in total. The molecule has 5 aliphatic rings. The highest BCUT2D eigenvalue weighted by atomic mass is 32.2. The Balaban J connectivity index is 1.05. The summed E-state index contributed by atoms with van der Waals surface area (Å²) in [6.45, 7) is 3.48. The van der Waals surface area contributed by atoms with E-state index in [1.165, 1.54) is 63.7 Å². The first kappa shape index (κ1) is 26.7. The van der Waals surface area contributed by atoms with Crippen LogP contribution in [0.4, 0.5) is 8.78 Å². The van der Waals surface area contributed by atoms with E-state index in [0.29, 0.717) is 25.0 Å². The van der Waals surface area contributed by atoms with Crippen LogP contribution in [0.2, 0.25) is 0 Å². The largest absolute Gasteiger partial charge is 0.375 e. The third-order valence-electron chi connectivity index (χ3n) is 10.2. The number of hydrogen-bond acceptors (Lipinski definition) is 3. The van der Waals surface area contributed by atoms with Gasteiger partial charge in [-0.25, -0.2) is 8.78 Å². The molecule has 5 rings (SSSR count). The fraction of sp³-hybridized carbons (Fsp3) is 0.967. The number of rotatable bonds is 10. The quantitative estimate of drug-likeness (QED) is 0.275. The first-order chi connectivity index (χ1) is 17.1. The summed E-state index contributed by atoms with van der Waals surface area (Å²) in [6.07, 6.45) is 16.6. The Morgan fingerprint density at radius 2 is 1.34 bits per heavy atom. The van der Waals surface area contributed by atoms with Crippen molar-refractivity contribution in [3.05, 3.63) is 5.92 Å². The molecule has 1 saturated heterocycles. The molecule has 0 bridgehead atoms. The molecular weight excluding hydrogens is 462 g/mol. The lowest BCUT2D eigenvalue weighted by molar-refractivity contribution is -0.0542. The van der Waals surface area contributed by atoms with Crippen LogP contribution >= 0.6 is 11.8 Å². The number of unbranched alkanes of at least 4 members (excludes halogenated alkanes) is 2. The average molecular weight is 512 g/mol. The van der Waals surface area contributed by atoms with Gasteiger partial charge in [-0.2, -0.15) is 0 Å². The van der Waals surface area contributed by atoms with Crippen LogP contribution in [0.5, 0.6) is 0 Å². The predicted molar refractivity (Wildman–Crippen MR) is 141 cm³/mol. The number of ether oxygens (including phenoxy) is 2. The zero-order valence-electron chi connectivity index (χ0n) is 22.0. The molecule has 8 unspecified atom stereocenters. The summed E-state index contributed by atoms with van der Waals surface area (Å²) < 4.78 is 43.3. The molecule has 4 aliphatic carbocycles. The molecule has 0 aromatic rings. The molecule has 0 amide bonds. The molecule has 35 heavy (non-hydrogen) atoms. The normalized spacial score (nSPS) is 41.2. The summed E-state index contributed by atoms with van der Waals surface area (Å²) in [6, 6.07) is 0. The van der Waals surface area contributed by atoms with Crippen LogP contribution in [0.3, 0.4) is 0 Å². The summed E-state index contributed by atoms with van der Waals surface area (Å²) in [5.74, 6) is 4.02. The van der Waals surface area contributed by atoms with Crippen molar-refractivity contribution in [2.75, 3.05) is 13.2 Å². The molecule has 0 spiro atoms. The molecule has 0 N–H and O–H groups in total. The summed E-state index contributed by atoms with van der Waals surface area (Å²) in [5.41, 5.74) is 0. The van der Waals surface area contributed by atoms with Crippen LogP contribution in [-0.2, 0) is 9.47 Å². The molecule has 1 heterocycles. The second-order valence-electron chi connectivity index (χ2n) is 12.5. The first-order valence-electron chi connectivity index (χ1n) is 15.1. The van der Waals surface area contributed by atoms with E-state index in [9.17, 15) is 0 Å². The lowest BCUT2D eigenvalue weighted by Gasteiger charge is -2.39. The Bertz CT molecular complexity index is 636. The van der Waals surface area contributed by atoms with Crippen molar-refractivity contribution in [1.82, 2.24) is 0 Å². The van der Waals surface area contributed by atoms with Gasteiger partial charge < -0.3 is 9.47 Å². The Labute approximate surface area is 217 Å². The zero-order valence-corrected chi connectivity index (χ0v) is 22.8. The van der Waals surface area contributed by atoms with Gasteiger partial charge in [-0.3, -0.25) is 0 Å². The predicted octanol–water partition coefficient (Wildman–Crippen LogP) is 8.27. The smallest absolute Gasteiger partial charge is 0.138 e. The Morgan fingerprint density at radius 1 is 0.743 bits per heavy atom. The fourth-order valence-electron chi connectivity index (χ4n) is 8.05. The minimum absolute atomic E-state index is 0.0866. The average Bonchev–Trinajstić information content (AvgIpc) is 3.52. The van der Waals surface area contributed by atoms with E-state index in [0.717, 1.165) is 56.8 Å². The lowest BCUT2D eigenvalue weighted by atomic mass is 9.71. The summed E-state index contributed by atoms with van der Waals surface area (Å²) >= 11 is 1.61. The van der Waals surface area contributed by atoms with Gasteiger partial charge in [-0.05, 0) is 87.9 Å². The van der Waals surface area contributed by atoms with Gasteiger partial charge in [0, 0.05) is 23.0 Å². The zero-order chi connectivity index (χ0) is 24.2. The van der Waals surface area contributed by atoms with Gasteiger partial charge in [0.05, 0.1) is 18.8 Å². The minimum Gasteiger partial charge on any atom is -0.375 e. The number of fused-ring (bicyclic) bond motifs is 3. The Morgan fingerprint density at radius 3 is 1.97 bits per heavy atom. The molecule has 1 radical (unpaired) electrons. The van der Waals surface area contributed by atoms with Gasteiger partial charge >= 0.3 is 0 Å². The van der Waals surface area contributed by atoms with Crippen LogP contribution in [0, 0.1) is 29.6 Å². The van der Waals surface area contributed by atoms with Crippen molar-refractivity contribution in [3.63, 3.8) is 0 Å². The molecule has 4 saturated carbocycles. The van der Waals surface area contributed by atoms with E-state index in [1.807, 2.05) is 0 Å². The highest BCUT2D eigenvalue weighted by Gasteiger charge is 2.56. The molecular formula is C30H49F2O2S. The maximum absolute atomic E-state index is 15.7. The van der Waals surface area contributed by atoms with E-state index >= 15 is 8.78 Å². The van der Waals surface area contributed by atoms with Crippen LogP contribution < -0.4 is 0 Å². The lowest BCUT2D eigenvalue weighted by Crippen LogP contribution is -2.45. The van der Waals surface area contributed by atoms with Crippen molar-refractivity contribution in [2.45, 2.75) is 145 Å². The van der Waals surface area contributed by atoms with E-state index in [1.54, 1.807) is 11.8 Å². The van der Waals surface area contributed by atoms with Crippen LogP contribution in [0.15, 0.2) is 0 Å². The number of halogens is 2. The third-order valence-corrected chi connectivity index (χ3v) is 12.0. The highest BCUT2D eigenvalue weighted by Crippen LogP contribution is 2.56. The minimum atomic E-state index is -0.959. The number of thioether (sulfide) groups is 1. The second-order valence-corrected chi connectivity index (χ2v) is 13.8. The molecule has 201 valence electrons. The summed E-state index contributed by atoms with van der Waals surface area (Å²) in [4.78, 5) is 0. The molecule has 5 heteroatoms. The Hall–Kier alpha value is 0.130. The monoisotopic (exact) mass is 511 g/mol. The van der Waals surface area contributed by atoms with Crippen molar-refractivity contribution < 1.29 is 18.3 Å². The van der Waals surface area contributed by atoms with Crippen LogP contribution in [0.25, 0.3) is 0 Å².